The Bertz CT molecular complexity index is 799. The van der Waals surface area contributed by atoms with Gasteiger partial charge in [0.05, 0.1) is 5.56 Å². The lowest BCUT2D eigenvalue weighted by Crippen LogP contribution is -2.38. The van der Waals surface area contributed by atoms with Crippen LogP contribution in [-0.4, -0.2) is 29.5 Å². The zero-order valence-corrected chi connectivity index (χ0v) is 14.0. The molecule has 120 valence electrons. The molecule has 2 aliphatic rings. The van der Waals surface area contributed by atoms with Crippen molar-refractivity contribution >= 4 is 22.2 Å². The van der Waals surface area contributed by atoms with Gasteiger partial charge in [-0.3, -0.25) is 4.79 Å². The van der Waals surface area contributed by atoms with E-state index >= 15 is 0 Å². The number of anilines is 1. The monoisotopic (exact) mass is 329 g/mol. The number of thiophene rings is 1. The molecule has 0 saturated heterocycles. The summed E-state index contributed by atoms with van der Waals surface area (Å²) < 4.78 is 0. The van der Waals surface area contributed by atoms with Gasteiger partial charge in [0.2, 0.25) is 0 Å². The molecule has 1 aromatic heterocycles. The van der Waals surface area contributed by atoms with Gasteiger partial charge in [0, 0.05) is 23.5 Å². The van der Waals surface area contributed by atoms with Crippen LogP contribution in [0.15, 0.2) is 18.2 Å². The highest BCUT2D eigenvalue weighted by Gasteiger charge is 2.33. The number of likely N-dealkylation sites (N-methyl/N-ethyl adjacent to an activating group) is 1. The number of aryl methyl sites for hydroxylation is 1. The molecule has 0 aliphatic carbocycles. The van der Waals surface area contributed by atoms with Crippen LogP contribution in [-0.2, 0) is 13.0 Å². The number of hydrogen-bond acceptors (Lipinski definition) is 5. The Balaban J connectivity index is 1.71. The zero-order chi connectivity index (χ0) is 16.1. The molecule has 0 bridgehead atoms. The van der Waals surface area contributed by atoms with Crippen LogP contribution < -0.4 is 10.6 Å². The van der Waals surface area contributed by atoms with Crippen molar-refractivity contribution in [3.63, 3.8) is 0 Å². The van der Waals surface area contributed by atoms with Crippen LogP contribution in [0, 0.1) is 6.92 Å². The van der Waals surface area contributed by atoms with Crippen LogP contribution in [0.5, 0.6) is 5.75 Å². The number of phenolic OH excluding ortho intramolecular Hbond substituents is 1. The Hall–Kier alpha value is -2.05. The molecule has 1 amide bonds. The summed E-state index contributed by atoms with van der Waals surface area (Å²) >= 11 is 1.66. The van der Waals surface area contributed by atoms with Crippen LogP contribution in [0.4, 0.5) is 5.00 Å². The highest BCUT2D eigenvalue weighted by molar-refractivity contribution is 7.16. The predicted molar refractivity (Wildman–Crippen MR) is 91.0 cm³/mol. The number of carbonyl (C=O) groups is 1. The van der Waals surface area contributed by atoms with Gasteiger partial charge in [-0.1, -0.05) is 12.1 Å². The van der Waals surface area contributed by atoms with Crippen molar-refractivity contribution in [2.24, 2.45) is 0 Å². The SMILES string of the molecule is Cc1ccc([C@@H]2NC(=O)c3c(sc4c3CCN(C)C4)N2)c(O)c1. The summed E-state index contributed by atoms with van der Waals surface area (Å²) in [4.78, 5) is 16.2. The number of hydrogen-bond donors (Lipinski definition) is 3. The van der Waals surface area contributed by atoms with Crippen LogP contribution in [0.3, 0.4) is 0 Å². The summed E-state index contributed by atoms with van der Waals surface area (Å²) in [5.74, 6) is 0.151. The Kier molecular flexibility index (Phi) is 3.32. The average molecular weight is 329 g/mol. The maximum atomic E-state index is 12.6. The highest BCUT2D eigenvalue weighted by Crippen LogP contribution is 2.41. The van der Waals surface area contributed by atoms with E-state index in [4.69, 9.17) is 0 Å². The summed E-state index contributed by atoms with van der Waals surface area (Å²) in [6, 6.07) is 5.51. The fourth-order valence-corrected chi connectivity index (χ4v) is 4.65. The maximum absolute atomic E-state index is 12.6. The van der Waals surface area contributed by atoms with Gasteiger partial charge in [0.25, 0.3) is 5.91 Å². The first-order valence-electron chi connectivity index (χ1n) is 7.73. The van der Waals surface area contributed by atoms with E-state index in [1.54, 1.807) is 17.4 Å². The number of benzene rings is 1. The Morgan fingerprint density at radius 2 is 2.17 bits per heavy atom. The predicted octanol–water partition coefficient (Wildman–Crippen LogP) is 2.60. The van der Waals surface area contributed by atoms with Gasteiger partial charge < -0.3 is 20.6 Å². The van der Waals surface area contributed by atoms with Gasteiger partial charge >= 0.3 is 0 Å². The van der Waals surface area contributed by atoms with Crippen molar-refractivity contribution in [1.82, 2.24) is 10.2 Å². The molecule has 3 heterocycles. The van der Waals surface area contributed by atoms with E-state index in [0.717, 1.165) is 35.6 Å². The minimum Gasteiger partial charge on any atom is -0.508 e. The van der Waals surface area contributed by atoms with Gasteiger partial charge in [0.15, 0.2) is 0 Å². The number of nitrogens with one attached hydrogen (secondary N) is 2. The normalized spacial score (nSPS) is 20.4. The number of amides is 1. The van der Waals surface area contributed by atoms with Crippen LogP contribution in [0.1, 0.15) is 38.1 Å². The summed E-state index contributed by atoms with van der Waals surface area (Å²) in [5.41, 5.74) is 3.66. The molecule has 3 N–H and O–H groups in total. The minimum absolute atomic E-state index is 0.0502. The van der Waals surface area contributed by atoms with E-state index in [1.165, 1.54) is 10.4 Å². The summed E-state index contributed by atoms with van der Waals surface area (Å²) in [5, 5.41) is 17.5. The molecule has 23 heavy (non-hydrogen) atoms. The lowest BCUT2D eigenvalue weighted by atomic mass is 10.00. The third-order valence-electron chi connectivity index (χ3n) is 4.52. The van der Waals surface area contributed by atoms with Crippen LogP contribution >= 0.6 is 11.3 Å². The molecule has 1 atom stereocenters. The molecule has 4 rings (SSSR count). The average Bonchev–Trinajstić information content (AvgIpc) is 2.84. The number of fused-ring (bicyclic) bond motifs is 3. The van der Waals surface area contributed by atoms with Crippen molar-refractivity contribution in [2.45, 2.75) is 26.1 Å². The molecule has 2 aliphatic heterocycles. The molecule has 0 spiro atoms. The lowest BCUT2D eigenvalue weighted by molar-refractivity contribution is 0.0934. The molecule has 0 fully saturated rings. The number of nitrogens with zero attached hydrogens (tertiary/aromatic N) is 1. The molecule has 0 saturated carbocycles. The van der Waals surface area contributed by atoms with Crippen molar-refractivity contribution in [3.8, 4) is 5.75 Å². The third-order valence-corrected chi connectivity index (χ3v) is 5.67. The Labute approximate surface area is 138 Å². The molecule has 5 nitrogen and oxygen atoms in total. The summed E-state index contributed by atoms with van der Waals surface area (Å²) in [6.07, 6.45) is 0.515. The Morgan fingerprint density at radius 3 is 2.96 bits per heavy atom. The fraction of sp³-hybridized carbons (Fsp3) is 0.353. The molecule has 2 aromatic rings. The zero-order valence-electron chi connectivity index (χ0n) is 13.1. The molecule has 0 radical (unpaired) electrons. The van der Waals surface area contributed by atoms with E-state index in [9.17, 15) is 9.90 Å². The van der Waals surface area contributed by atoms with Gasteiger partial charge in [-0.05, 0) is 37.6 Å². The van der Waals surface area contributed by atoms with Gasteiger partial charge in [-0.15, -0.1) is 11.3 Å². The van der Waals surface area contributed by atoms with Crippen molar-refractivity contribution in [1.29, 1.82) is 0 Å². The van der Waals surface area contributed by atoms with E-state index in [0.29, 0.717) is 5.56 Å². The molecule has 1 aromatic carbocycles. The van der Waals surface area contributed by atoms with E-state index in [1.807, 2.05) is 19.1 Å². The van der Waals surface area contributed by atoms with Crippen molar-refractivity contribution in [2.75, 3.05) is 18.9 Å². The third kappa shape index (κ3) is 2.38. The number of carbonyl (C=O) groups excluding carboxylic acids is 1. The second-order valence-electron chi connectivity index (χ2n) is 6.31. The molecule has 0 unspecified atom stereocenters. The number of rotatable bonds is 1. The van der Waals surface area contributed by atoms with Gasteiger partial charge in [-0.25, -0.2) is 0 Å². The maximum Gasteiger partial charge on any atom is 0.256 e. The smallest absolute Gasteiger partial charge is 0.256 e. The quantitative estimate of drug-likeness (QED) is 0.752. The van der Waals surface area contributed by atoms with Crippen LogP contribution in [0.2, 0.25) is 0 Å². The number of aromatic hydroxyl groups is 1. The van der Waals surface area contributed by atoms with E-state index in [-0.39, 0.29) is 11.7 Å². The summed E-state index contributed by atoms with van der Waals surface area (Å²) in [6.45, 7) is 3.80. The first kappa shape index (κ1) is 14.5. The van der Waals surface area contributed by atoms with E-state index in [2.05, 4.69) is 22.6 Å². The largest absolute Gasteiger partial charge is 0.508 e. The Morgan fingerprint density at radius 1 is 1.35 bits per heavy atom. The molecular formula is C17H19N3O2S. The highest BCUT2D eigenvalue weighted by atomic mass is 32.1. The fourth-order valence-electron chi connectivity index (χ4n) is 3.30. The standard InChI is InChI=1S/C17H19N3O2S/c1-9-3-4-10(12(21)7-9)15-18-16(22)14-11-5-6-20(2)8-13(11)23-17(14)19-15/h3-4,7,15,19,21H,5-6,8H2,1-2H3,(H,18,22)/t15-/m1/s1. The topological polar surface area (TPSA) is 64.6 Å². The molecule has 6 heteroatoms. The first-order valence-corrected chi connectivity index (χ1v) is 8.54. The number of phenols is 1. The van der Waals surface area contributed by atoms with Crippen molar-refractivity contribution in [3.05, 3.63) is 45.3 Å². The van der Waals surface area contributed by atoms with Gasteiger partial charge in [-0.2, -0.15) is 0 Å². The van der Waals surface area contributed by atoms with Crippen LogP contribution in [0.25, 0.3) is 0 Å². The lowest BCUT2D eigenvalue weighted by Gasteiger charge is -2.27. The van der Waals surface area contributed by atoms with Gasteiger partial charge in [0.1, 0.15) is 16.9 Å². The second-order valence-corrected chi connectivity index (χ2v) is 7.41. The van der Waals surface area contributed by atoms with E-state index < -0.39 is 6.17 Å². The molecular weight excluding hydrogens is 310 g/mol. The first-order chi connectivity index (χ1) is 11.0. The summed E-state index contributed by atoms with van der Waals surface area (Å²) in [7, 11) is 2.10. The minimum atomic E-state index is -0.395. The van der Waals surface area contributed by atoms with Crippen molar-refractivity contribution < 1.29 is 9.90 Å². The second kappa shape index (κ2) is 5.25.